The molecule has 0 aliphatic carbocycles. The van der Waals surface area contributed by atoms with E-state index in [4.69, 9.17) is 0 Å². The van der Waals surface area contributed by atoms with Gasteiger partial charge in [0.25, 0.3) is 0 Å². The smallest absolute Gasteiger partial charge is 0.381 e. The Labute approximate surface area is 120 Å². The lowest BCUT2D eigenvalue weighted by Crippen LogP contribution is -2.09. The second-order valence-corrected chi connectivity index (χ2v) is 4.98. The molecular formula is C16H15F4N. The standard InChI is InChI=1S/C16H15F4N/c1-10-3-4-12(11(2)7-10)9-21-13-5-6-15(17)14(8-13)16(18,19)20/h3-8,21H,9H2,1-2H3. The predicted molar refractivity (Wildman–Crippen MR) is 74.6 cm³/mol. The lowest BCUT2D eigenvalue weighted by Gasteiger charge is -2.13. The molecule has 1 N–H and O–H groups in total. The maximum atomic E-state index is 13.2. The third-order valence-corrected chi connectivity index (χ3v) is 3.25. The number of hydrogen-bond acceptors (Lipinski definition) is 1. The summed E-state index contributed by atoms with van der Waals surface area (Å²) in [5.74, 6) is -1.26. The van der Waals surface area contributed by atoms with Crippen molar-refractivity contribution in [3.05, 3.63) is 64.5 Å². The van der Waals surface area contributed by atoms with Crippen LogP contribution in [-0.4, -0.2) is 0 Å². The van der Waals surface area contributed by atoms with E-state index in [0.717, 1.165) is 28.8 Å². The third kappa shape index (κ3) is 3.74. The minimum atomic E-state index is -4.69. The molecule has 1 nitrogen and oxygen atoms in total. The van der Waals surface area contributed by atoms with Crippen LogP contribution in [0.1, 0.15) is 22.3 Å². The number of alkyl halides is 3. The van der Waals surface area contributed by atoms with Gasteiger partial charge in [0.1, 0.15) is 5.82 Å². The van der Waals surface area contributed by atoms with Crippen LogP contribution in [0.15, 0.2) is 36.4 Å². The van der Waals surface area contributed by atoms with Gasteiger partial charge in [-0.1, -0.05) is 23.8 Å². The maximum absolute atomic E-state index is 13.2. The molecule has 2 rings (SSSR count). The highest BCUT2D eigenvalue weighted by Gasteiger charge is 2.34. The first-order valence-corrected chi connectivity index (χ1v) is 6.44. The van der Waals surface area contributed by atoms with Gasteiger partial charge in [-0.2, -0.15) is 13.2 Å². The lowest BCUT2D eigenvalue weighted by molar-refractivity contribution is -0.139. The van der Waals surface area contributed by atoms with Crippen LogP contribution in [0, 0.1) is 19.7 Å². The molecule has 0 saturated carbocycles. The quantitative estimate of drug-likeness (QED) is 0.780. The van der Waals surface area contributed by atoms with Crippen LogP contribution in [0.4, 0.5) is 23.2 Å². The maximum Gasteiger partial charge on any atom is 0.419 e. The van der Waals surface area contributed by atoms with Crippen molar-refractivity contribution in [2.24, 2.45) is 0 Å². The highest BCUT2D eigenvalue weighted by Crippen LogP contribution is 2.33. The fourth-order valence-corrected chi connectivity index (χ4v) is 2.09. The molecule has 0 aliphatic heterocycles. The van der Waals surface area contributed by atoms with Crippen molar-refractivity contribution >= 4 is 5.69 Å². The predicted octanol–water partition coefficient (Wildman–Crippen LogP) is 5.07. The molecule has 2 aromatic rings. The molecule has 112 valence electrons. The largest absolute Gasteiger partial charge is 0.419 e. The van der Waals surface area contributed by atoms with E-state index in [1.54, 1.807) is 0 Å². The van der Waals surface area contributed by atoms with Crippen LogP contribution in [0.25, 0.3) is 0 Å². The topological polar surface area (TPSA) is 12.0 Å². The average molecular weight is 297 g/mol. The first kappa shape index (κ1) is 15.4. The normalized spacial score (nSPS) is 11.5. The monoisotopic (exact) mass is 297 g/mol. The molecule has 2 aromatic carbocycles. The molecule has 0 atom stereocenters. The first-order chi connectivity index (χ1) is 9.77. The van der Waals surface area contributed by atoms with Crippen molar-refractivity contribution in [2.75, 3.05) is 5.32 Å². The second-order valence-electron chi connectivity index (χ2n) is 4.98. The summed E-state index contributed by atoms with van der Waals surface area (Å²) < 4.78 is 51.1. The van der Waals surface area contributed by atoms with Gasteiger partial charge in [0.05, 0.1) is 5.56 Å². The first-order valence-electron chi connectivity index (χ1n) is 6.44. The minimum absolute atomic E-state index is 0.240. The summed E-state index contributed by atoms with van der Waals surface area (Å²) >= 11 is 0. The number of anilines is 1. The Hall–Kier alpha value is -2.04. The zero-order valence-electron chi connectivity index (χ0n) is 11.7. The lowest BCUT2D eigenvalue weighted by atomic mass is 10.1. The minimum Gasteiger partial charge on any atom is -0.381 e. The Kier molecular flexibility index (Phi) is 4.21. The summed E-state index contributed by atoms with van der Waals surface area (Å²) in [7, 11) is 0. The van der Waals surface area contributed by atoms with Gasteiger partial charge in [-0.25, -0.2) is 4.39 Å². The van der Waals surface area contributed by atoms with Crippen molar-refractivity contribution in [1.82, 2.24) is 0 Å². The number of halogens is 4. The van der Waals surface area contributed by atoms with Crippen LogP contribution >= 0.6 is 0 Å². The number of rotatable bonds is 3. The van der Waals surface area contributed by atoms with E-state index >= 15 is 0 Å². The molecule has 0 unspecified atom stereocenters. The van der Waals surface area contributed by atoms with Crippen LogP contribution in [0.5, 0.6) is 0 Å². The van der Waals surface area contributed by atoms with Gasteiger partial charge in [-0.15, -0.1) is 0 Å². The van der Waals surface area contributed by atoms with Crippen LogP contribution in [-0.2, 0) is 12.7 Å². The Morgan fingerprint density at radius 1 is 1.00 bits per heavy atom. The number of aryl methyl sites for hydroxylation is 2. The Morgan fingerprint density at radius 2 is 1.71 bits per heavy atom. The van der Waals surface area contributed by atoms with Crippen molar-refractivity contribution in [3.63, 3.8) is 0 Å². The molecule has 0 saturated heterocycles. The summed E-state index contributed by atoms with van der Waals surface area (Å²) in [6.45, 7) is 4.30. The van der Waals surface area contributed by atoms with Gasteiger partial charge in [-0.05, 0) is 43.2 Å². The van der Waals surface area contributed by atoms with E-state index in [1.165, 1.54) is 6.07 Å². The Balaban J connectivity index is 2.17. The van der Waals surface area contributed by atoms with Gasteiger partial charge in [0, 0.05) is 12.2 Å². The van der Waals surface area contributed by atoms with Crippen LogP contribution in [0.3, 0.4) is 0 Å². The van der Waals surface area contributed by atoms with E-state index in [0.29, 0.717) is 6.54 Å². The van der Waals surface area contributed by atoms with Gasteiger partial charge >= 0.3 is 6.18 Å². The van der Waals surface area contributed by atoms with E-state index in [1.807, 2.05) is 32.0 Å². The van der Waals surface area contributed by atoms with Gasteiger partial charge in [0.2, 0.25) is 0 Å². The molecular weight excluding hydrogens is 282 g/mol. The highest BCUT2D eigenvalue weighted by atomic mass is 19.4. The average Bonchev–Trinajstić information content (AvgIpc) is 2.38. The number of nitrogens with one attached hydrogen (secondary N) is 1. The number of hydrogen-bond donors (Lipinski definition) is 1. The van der Waals surface area contributed by atoms with E-state index in [9.17, 15) is 17.6 Å². The van der Waals surface area contributed by atoms with E-state index < -0.39 is 17.6 Å². The van der Waals surface area contributed by atoms with Gasteiger partial charge < -0.3 is 5.32 Å². The molecule has 0 fully saturated rings. The molecule has 0 heterocycles. The van der Waals surface area contributed by atoms with Crippen molar-refractivity contribution in [2.45, 2.75) is 26.6 Å². The van der Waals surface area contributed by atoms with E-state index in [-0.39, 0.29) is 5.69 Å². The summed E-state index contributed by atoms with van der Waals surface area (Å²) in [5.41, 5.74) is 2.15. The fraction of sp³-hybridized carbons (Fsp3) is 0.250. The third-order valence-electron chi connectivity index (χ3n) is 3.25. The molecule has 0 amide bonds. The summed E-state index contributed by atoms with van der Waals surface area (Å²) in [6, 6.07) is 8.78. The molecule has 0 radical (unpaired) electrons. The highest BCUT2D eigenvalue weighted by molar-refractivity contribution is 5.48. The second kappa shape index (κ2) is 5.76. The summed E-state index contributed by atoms with van der Waals surface area (Å²) in [6.07, 6.45) is -4.69. The van der Waals surface area contributed by atoms with Crippen LogP contribution < -0.4 is 5.32 Å². The van der Waals surface area contributed by atoms with E-state index in [2.05, 4.69) is 5.32 Å². The molecule has 0 aliphatic rings. The molecule has 5 heteroatoms. The fourth-order valence-electron chi connectivity index (χ4n) is 2.09. The van der Waals surface area contributed by atoms with Gasteiger partial charge in [0.15, 0.2) is 0 Å². The zero-order valence-corrected chi connectivity index (χ0v) is 11.7. The molecule has 0 bridgehead atoms. The van der Waals surface area contributed by atoms with Crippen LogP contribution in [0.2, 0.25) is 0 Å². The number of benzene rings is 2. The van der Waals surface area contributed by atoms with Crippen molar-refractivity contribution in [1.29, 1.82) is 0 Å². The molecule has 0 spiro atoms. The summed E-state index contributed by atoms with van der Waals surface area (Å²) in [4.78, 5) is 0. The molecule has 0 aromatic heterocycles. The Morgan fingerprint density at radius 3 is 2.33 bits per heavy atom. The Bertz CT molecular complexity index is 647. The SMILES string of the molecule is Cc1ccc(CNc2ccc(F)c(C(F)(F)F)c2)c(C)c1. The summed E-state index contributed by atoms with van der Waals surface area (Å²) in [5, 5.41) is 2.89. The van der Waals surface area contributed by atoms with Crippen molar-refractivity contribution < 1.29 is 17.6 Å². The molecule has 21 heavy (non-hydrogen) atoms. The van der Waals surface area contributed by atoms with Crippen molar-refractivity contribution in [3.8, 4) is 0 Å². The zero-order chi connectivity index (χ0) is 15.6. The van der Waals surface area contributed by atoms with Gasteiger partial charge in [-0.3, -0.25) is 0 Å².